The summed E-state index contributed by atoms with van der Waals surface area (Å²) in [6.45, 7) is 9.79. The Morgan fingerprint density at radius 2 is 2.28 bits per heavy atom. The smallest absolute Gasteiger partial charge is 0.222 e. The zero-order valence-electron chi connectivity index (χ0n) is 11.0. The van der Waals surface area contributed by atoms with Gasteiger partial charge in [-0.15, -0.1) is 0 Å². The Morgan fingerprint density at radius 3 is 2.78 bits per heavy atom. The molecule has 0 aromatic carbocycles. The summed E-state index contributed by atoms with van der Waals surface area (Å²) in [5.41, 5.74) is 0.646. The fraction of sp³-hybridized carbons (Fsp3) is 0.500. The second-order valence-electron chi connectivity index (χ2n) is 4.72. The molecule has 0 saturated carbocycles. The molecule has 3 nitrogen and oxygen atoms in total. The number of allylic oxidation sites excluding steroid dienone is 3. The van der Waals surface area contributed by atoms with Crippen LogP contribution >= 0.6 is 0 Å². The van der Waals surface area contributed by atoms with E-state index in [4.69, 9.17) is 4.74 Å². The molecular weight excluding hydrogens is 233 g/mol. The molecule has 1 rings (SSSR count). The number of hydrogen-bond donors (Lipinski definition) is 0. The van der Waals surface area contributed by atoms with E-state index in [9.17, 15) is 9.18 Å². The van der Waals surface area contributed by atoms with E-state index in [-0.39, 0.29) is 11.8 Å². The van der Waals surface area contributed by atoms with Gasteiger partial charge < -0.3 is 9.64 Å². The second-order valence-corrected chi connectivity index (χ2v) is 4.72. The van der Waals surface area contributed by atoms with Crippen LogP contribution in [0.2, 0.25) is 0 Å². The van der Waals surface area contributed by atoms with Crippen molar-refractivity contribution in [3.05, 3.63) is 36.4 Å². The Kier molecular flexibility index (Phi) is 5.13. The zero-order valence-corrected chi connectivity index (χ0v) is 11.0. The topological polar surface area (TPSA) is 29.5 Å². The molecule has 100 valence electrons. The van der Waals surface area contributed by atoms with E-state index in [1.165, 1.54) is 6.08 Å². The number of nitrogens with zero attached hydrogens (tertiary/aromatic N) is 1. The lowest BCUT2D eigenvalue weighted by Gasteiger charge is -2.28. The van der Waals surface area contributed by atoms with Gasteiger partial charge in [-0.2, -0.15) is 0 Å². The molecule has 18 heavy (non-hydrogen) atoms. The van der Waals surface area contributed by atoms with Crippen LogP contribution in [0.3, 0.4) is 0 Å². The lowest BCUT2D eigenvalue weighted by molar-refractivity contribution is -0.134. The van der Waals surface area contributed by atoms with E-state index < -0.39 is 5.83 Å². The van der Waals surface area contributed by atoms with Crippen LogP contribution in [0.15, 0.2) is 36.4 Å². The van der Waals surface area contributed by atoms with Crippen LogP contribution < -0.4 is 0 Å². The summed E-state index contributed by atoms with van der Waals surface area (Å²) in [5.74, 6) is 0.149. The second kappa shape index (κ2) is 6.38. The number of likely N-dealkylation sites (tertiary alicyclic amines) is 1. The van der Waals surface area contributed by atoms with E-state index >= 15 is 0 Å². The van der Waals surface area contributed by atoms with Crippen LogP contribution in [0.25, 0.3) is 0 Å². The molecule has 0 spiro atoms. The highest BCUT2D eigenvalue weighted by Crippen LogP contribution is 2.20. The van der Waals surface area contributed by atoms with Gasteiger partial charge in [-0.1, -0.05) is 13.2 Å². The van der Waals surface area contributed by atoms with Crippen molar-refractivity contribution in [3.8, 4) is 0 Å². The molecule has 1 unspecified atom stereocenters. The largest absolute Gasteiger partial charge is 0.493 e. The first-order valence-corrected chi connectivity index (χ1v) is 5.99. The summed E-state index contributed by atoms with van der Waals surface area (Å²) in [6.07, 6.45) is 2.61. The summed E-state index contributed by atoms with van der Waals surface area (Å²) in [4.78, 5) is 13.2. The van der Waals surface area contributed by atoms with Gasteiger partial charge in [0.2, 0.25) is 5.91 Å². The third kappa shape index (κ3) is 4.35. The molecule has 1 atom stereocenters. The highest BCUT2D eigenvalue weighted by Gasteiger charge is 2.23. The van der Waals surface area contributed by atoms with E-state index in [0.717, 1.165) is 13.0 Å². The first kappa shape index (κ1) is 14.5. The molecule has 0 aliphatic carbocycles. The van der Waals surface area contributed by atoms with Gasteiger partial charge in [0.1, 0.15) is 11.6 Å². The molecule has 0 radical (unpaired) electrons. The predicted molar refractivity (Wildman–Crippen MR) is 69.5 cm³/mol. The molecule has 1 heterocycles. The van der Waals surface area contributed by atoms with Gasteiger partial charge >= 0.3 is 0 Å². The van der Waals surface area contributed by atoms with E-state index in [2.05, 4.69) is 13.2 Å². The van der Waals surface area contributed by atoms with Crippen molar-refractivity contribution in [2.75, 3.05) is 20.2 Å². The number of ether oxygens (including phenoxy) is 1. The monoisotopic (exact) mass is 253 g/mol. The molecule has 0 N–H and O–H groups in total. The quantitative estimate of drug-likeness (QED) is 0.557. The number of piperidine rings is 1. The first-order chi connectivity index (χ1) is 8.40. The number of carbonyl (C=O) groups is 1. The van der Waals surface area contributed by atoms with Gasteiger partial charge in [0.05, 0.1) is 6.61 Å². The third-order valence-electron chi connectivity index (χ3n) is 2.94. The van der Waals surface area contributed by atoms with E-state index in [1.807, 2.05) is 0 Å². The molecule has 1 amide bonds. The minimum absolute atomic E-state index is 0.130. The molecule has 0 aromatic rings. The maximum Gasteiger partial charge on any atom is 0.222 e. The molecular formula is C14H20FNO2. The van der Waals surface area contributed by atoms with Crippen LogP contribution in [-0.2, 0) is 9.53 Å². The standard InChI is InChI=1S/C14H20FNO2/c1-10(2)13(7-11(3)15)18-9-12-5-6-16(4)14(17)8-12/h7,12H,1,3,5-6,8-9H2,2,4H3/b13-7+. The minimum Gasteiger partial charge on any atom is -0.493 e. The summed E-state index contributed by atoms with van der Waals surface area (Å²) in [5, 5.41) is 0. The third-order valence-corrected chi connectivity index (χ3v) is 2.94. The van der Waals surface area contributed by atoms with Crippen LogP contribution in [-0.4, -0.2) is 31.0 Å². The fourth-order valence-electron chi connectivity index (χ4n) is 1.79. The molecule has 1 saturated heterocycles. The highest BCUT2D eigenvalue weighted by atomic mass is 19.1. The number of rotatable bonds is 5. The van der Waals surface area contributed by atoms with Gasteiger partial charge in [0.25, 0.3) is 0 Å². The van der Waals surface area contributed by atoms with Crippen LogP contribution in [0.5, 0.6) is 0 Å². The Balaban J connectivity index is 2.51. The summed E-state index contributed by atoms with van der Waals surface area (Å²) >= 11 is 0. The molecule has 0 aromatic heterocycles. The zero-order chi connectivity index (χ0) is 13.7. The summed E-state index contributed by atoms with van der Waals surface area (Å²) in [7, 11) is 1.80. The Bertz CT molecular complexity index is 387. The van der Waals surface area contributed by atoms with Crippen molar-refractivity contribution < 1.29 is 13.9 Å². The van der Waals surface area contributed by atoms with Crippen molar-refractivity contribution >= 4 is 5.91 Å². The summed E-state index contributed by atoms with van der Waals surface area (Å²) in [6, 6.07) is 0. The average Bonchev–Trinajstić information content (AvgIpc) is 2.28. The minimum atomic E-state index is -0.563. The Labute approximate surface area is 108 Å². The number of carbonyl (C=O) groups excluding carboxylic acids is 1. The van der Waals surface area contributed by atoms with Crippen LogP contribution in [0.4, 0.5) is 4.39 Å². The number of hydrogen-bond acceptors (Lipinski definition) is 2. The SMILES string of the molecule is C=C(F)/C=C(/OCC1CCN(C)C(=O)C1)C(=C)C. The first-order valence-electron chi connectivity index (χ1n) is 5.99. The van der Waals surface area contributed by atoms with Crippen molar-refractivity contribution in [3.63, 3.8) is 0 Å². The molecule has 1 fully saturated rings. The van der Waals surface area contributed by atoms with Gasteiger partial charge in [0, 0.05) is 32.0 Å². The van der Waals surface area contributed by atoms with Gasteiger partial charge in [-0.05, 0) is 18.9 Å². The van der Waals surface area contributed by atoms with Crippen molar-refractivity contribution in [2.24, 2.45) is 5.92 Å². The average molecular weight is 253 g/mol. The highest BCUT2D eigenvalue weighted by molar-refractivity contribution is 5.76. The van der Waals surface area contributed by atoms with E-state index in [1.54, 1.807) is 18.9 Å². The summed E-state index contributed by atoms with van der Waals surface area (Å²) < 4.78 is 18.3. The van der Waals surface area contributed by atoms with Gasteiger partial charge in [-0.3, -0.25) is 4.79 Å². The lowest BCUT2D eigenvalue weighted by atomic mass is 9.97. The van der Waals surface area contributed by atoms with Crippen molar-refractivity contribution in [1.29, 1.82) is 0 Å². The number of halogens is 1. The molecule has 0 bridgehead atoms. The lowest BCUT2D eigenvalue weighted by Crippen LogP contribution is -2.36. The molecule has 4 heteroatoms. The van der Waals surface area contributed by atoms with Crippen molar-refractivity contribution in [1.82, 2.24) is 4.90 Å². The molecule has 1 aliphatic heterocycles. The Hall–Kier alpha value is -1.58. The maximum absolute atomic E-state index is 12.7. The van der Waals surface area contributed by atoms with Crippen molar-refractivity contribution in [2.45, 2.75) is 19.8 Å². The maximum atomic E-state index is 12.7. The van der Waals surface area contributed by atoms with E-state index in [0.29, 0.717) is 24.4 Å². The fourth-order valence-corrected chi connectivity index (χ4v) is 1.79. The predicted octanol–water partition coefficient (Wildman–Crippen LogP) is 2.81. The van der Waals surface area contributed by atoms with Crippen LogP contribution in [0, 0.1) is 5.92 Å². The van der Waals surface area contributed by atoms with Crippen LogP contribution in [0.1, 0.15) is 19.8 Å². The molecule has 1 aliphatic rings. The van der Waals surface area contributed by atoms with Gasteiger partial charge in [-0.25, -0.2) is 4.39 Å². The number of amides is 1. The normalized spacial score (nSPS) is 20.8. The van der Waals surface area contributed by atoms with Gasteiger partial charge in [0.15, 0.2) is 0 Å². The Morgan fingerprint density at radius 1 is 1.61 bits per heavy atom.